The number of nitrogens with two attached hydrogens (primary N) is 1. The van der Waals surface area contributed by atoms with Gasteiger partial charge in [-0.15, -0.1) is 0 Å². The first-order valence-corrected chi connectivity index (χ1v) is 8.28. The second-order valence-corrected chi connectivity index (χ2v) is 6.60. The van der Waals surface area contributed by atoms with Crippen molar-refractivity contribution in [3.63, 3.8) is 0 Å². The Kier molecular flexibility index (Phi) is 4.68. The zero-order valence-electron chi connectivity index (χ0n) is 13.2. The van der Waals surface area contributed by atoms with E-state index in [1.54, 1.807) is 29.2 Å². The van der Waals surface area contributed by atoms with Crippen LogP contribution in [-0.4, -0.2) is 39.7 Å². The topological polar surface area (TPSA) is 64.2 Å². The van der Waals surface area contributed by atoms with Crippen molar-refractivity contribution < 1.29 is 4.79 Å². The summed E-state index contributed by atoms with van der Waals surface area (Å²) >= 11 is 5.90. The van der Waals surface area contributed by atoms with E-state index in [0.717, 1.165) is 25.1 Å². The minimum atomic E-state index is 0.00700. The zero-order chi connectivity index (χ0) is 16.4. The van der Waals surface area contributed by atoms with Crippen molar-refractivity contribution in [3.8, 4) is 5.69 Å². The highest BCUT2D eigenvalue weighted by atomic mass is 35.5. The molecule has 1 aliphatic rings. The van der Waals surface area contributed by atoms with Crippen molar-refractivity contribution in [2.75, 3.05) is 13.1 Å². The van der Waals surface area contributed by atoms with Gasteiger partial charge in [-0.1, -0.05) is 18.5 Å². The van der Waals surface area contributed by atoms with E-state index in [0.29, 0.717) is 23.0 Å². The number of nitrogens with zero attached hydrogens (tertiary/aromatic N) is 3. The van der Waals surface area contributed by atoms with Gasteiger partial charge >= 0.3 is 0 Å². The van der Waals surface area contributed by atoms with Gasteiger partial charge in [0.2, 0.25) is 0 Å². The number of rotatable bonds is 3. The summed E-state index contributed by atoms with van der Waals surface area (Å²) in [4.78, 5) is 14.7. The molecule has 0 saturated carbocycles. The molecule has 5 nitrogen and oxygen atoms in total. The van der Waals surface area contributed by atoms with E-state index in [4.69, 9.17) is 17.3 Å². The Hall–Kier alpha value is -1.85. The second kappa shape index (κ2) is 6.72. The maximum absolute atomic E-state index is 12.8. The van der Waals surface area contributed by atoms with Crippen LogP contribution in [0.3, 0.4) is 0 Å². The van der Waals surface area contributed by atoms with Gasteiger partial charge in [-0.3, -0.25) is 4.79 Å². The number of amides is 1. The normalized spacial score (nSPS) is 21.4. The summed E-state index contributed by atoms with van der Waals surface area (Å²) in [7, 11) is 0. The van der Waals surface area contributed by atoms with Crippen LogP contribution in [0, 0.1) is 5.92 Å². The number of carbonyl (C=O) groups excluding carboxylic acids is 1. The van der Waals surface area contributed by atoms with E-state index in [2.05, 4.69) is 12.0 Å². The molecule has 3 rings (SSSR count). The lowest BCUT2D eigenvalue weighted by Crippen LogP contribution is -2.49. The highest BCUT2D eigenvalue weighted by Gasteiger charge is 2.30. The van der Waals surface area contributed by atoms with Gasteiger partial charge in [-0.2, -0.15) is 5.10 Å². The molecule has 2 N–H and O–H groups in total. The average molecular weight is 333 g/mol. The Bertz CT molecular complexity index is 682. The molecule has 6 heteroatoms. The van der Waals surface area contributed by atoms with Crippen LogP contribution in [0.15, 0.2) is 36.7 Å². The van der Waals surface area contributed by atoms with Crippen molar-refractivity contribution in [2.45, 2.75) is 25.8 Å². The fourth-order valence-corrected chi connectivity index (χ4v) is 3.20. The number of likely N-dealkylation sites (tertiary alicyclic amines) is 1. The van der Waals surface area contributed by atoms with Crippen LogP contribution < -0.4 is 5.73 Å². The molecule has 2 atom stereocenters. The van der Waals surface area contributed by atoms with E-state index in [1.807, 2.05) is 17.0 Å². The second-order valence-electron chi connectivity index (χ2n) is 6.17. The summed E-state index contributed by atoms with van der Waals surface area (Å²) in [6, 6.07) is 7.46. The molecule has 1 amide bonds. The third kappa shape index (κ3) is 3.41. The molecule has 2 unspecified atom stereocenters. The van der Waals surface area contributed by atoms with Crippen LogP contribution in [-0.2, 0) is 0 Å². The Balaban J connectivity index is 1.79. The van der Waals surface area contributed by atoms with Crippen molar-refractivity contribution in [2.24, 2.45) is 11.7 Å². The minimum Gasteiger partial charge on any atom is -0.334 e. The molecule has 122 valence electrons. The third-order valence-corrected chi connectivity index (χ3v) is 4.68. The van der Waals surface area contributed by atoms with Crippen molar-refractivity contribution in [1.82, 2.24) is 14.7 Å². The Morgan fingerprint density at radius 1 is 1.39 bits per heavy atom. The predicted octanol–water partition coefficient (Wildman–Crippen LogP) is 2.73. The fraction of sp³-hybridized carbons (Fsp3) is 0.412. The maximum atomic E-state index is 12.8. The van der Waals surface area contributed by atoms with Crippen LogP contribution in [0.4, 0.5) is 0 Å². The average Bonchev–Trinajstić information content (AvgIpc) is 3.04. The fourth-order valence-electron chi connectivity index (χ4n) is 3.08. The first-order chi connectivity index (χ1) is 11.1. The van der Waals surface area contributed by atoms with Crippen molar-refractivity contribution in [3.05, 3.63) is 47.2 Å². The quantitative estimate of drug-likeness (QED) is 0.940. The molecule has 0 spiro atoms. The molecule has 2 aromatic rings. The van der Waals surface area contributed by atoms with E-state index in [-0.39, 0.29) is 11.9 Å². The third-order valence-electron chi connectivity index (χ3n) is 4.43. The molecule has 0 aliphatic carbocycles. The Labute approximate surface area is 141 Å². The highest BCUT2D eigenvalue weighted by molar-refractivity contribution is 6.30. The van der Waals surface area contributed by atoms with E-state index in [9.17, 15) is 4.79 Å². The van der Waals surface area contributed by atoms with E-state index in [1.165, 1.54) is 0 Å². The van der Waals surface area contributed by atoms with Gasteiger partial charge in [0.1, 0.15) is 0 Å². The molecule has 1 fully saturated rings. The summed E-state index contributed by atoms with van der Waals surface area (Å²) in [6.07, 6.45) is 5.36. The molecule has 1 saturated heterocycles. The number of piperidine rings is 1. The zero-order valence-corrected chi connectivity index (χ0v) is 13.9. The van der Waals surface area contributed by atoms with Crippen LogP contribution in [0.1, 0.15) is 30.1 Å². The summed E-state index contributed by atoms with van der Waals surface area (Å²) < 4.78 is 1.69. The summed E-state index contributed by atoms with van der Waals surface area (Å²) in [5.41, 5.74) is 7.32. The number of aromatic nitrogens is 2. The van der Waals surface area contributed by atoms with Gasteiger partial charge in [0, 0.05) is 30.4 Å². The predicted molar refractivity (Wildman–Crippen MR) is 90.9 cm³/mol. The summed E-state index contributed by atoms with van der Waals surface area (Å²) in [5.74, 6) is 0.622. The Morgan fingerprint density at radius 3 is 2.83 bits per heavy atom. The lowest BCUT2D eigenvalue weighted by molar-refractivity contribution is 0.0573. The first-order valence-electron chi connectivity index (χ1n) is 7.90. The van der Waals surface area contributed by atoms with Crippen LogP contribution in [0.2, 0.25) is 5.02 Å². The number of halogens is 1. The summed E-state index contributed by atoms with van der Waals surface area (Å²) in [6.45, 7) is 3.47. The first kappa shape index (κ1) is 16.0. The minimum absolute atomic E-state index is 0.00700. The van der Waals surface area contributed by atoms with Gasteiger partial charge in [-0.25, -0.2) is 4.68 Å². The monoisotopic (exact) mass is 332 g/mol. The van der Waals surface area contributed by atoms with Crippen molar-refractivity contribution >= 4 is 17.5 Å². The number of benzene rings is 1. The number of hydrogen-bond donors (Lipinski definition) is 1. The molecule has 1 aromatic carbocycles. The lowest BCUT2D eigenvalue weighted by atomic mass is 9.92. The smallest absolute Gasteiger partial charge is 0.257 e. The molecule has 0 radical (unpaired) electrons. The highest BCUT2D eigenvalue weighted by Crippen LogP contribution is 2.24. The summed E-state index contributed by atoms with van der Waals surface area (Å²) in [5, 5.41) is 4.96. The van der Waals surface area contributed by atoms with Gasteiger partial charge < -0.3 is 10.6 Å². The van der Waals surface area contributed by atoms with Gasteiger partial charge in [-0.05, 0) is 43.0 Å². The largest absolute Gasteiger partial charge is 0.334 e. The SMILES string of the molecule is CC1CCN(C(=O)c2cnn(-c3ccc(Cl)cc3)c2)C(CN)C1. The van der Waals surface area contributed by atoms with E-state index < -0.39 is 0 Å². The molecule has 0 bridgehead atoms. The van der Waals surface area contributed by atoms with Crippen LogP contribution in [0.25, 0.3) is 5.69 Å². The van der Waals surface area contributed by atoms with Gasteiger partial charge in [0.05, 0.1) is 17.4 Å². The van der Waals surface area contributed by atoms with Gasteiger partial charge in [0.25, 0.3) is 5.91 Å². The molecule has 1 aromatic heterocycles. The Morgan fingerprint density at radius 2 is 2.13 bits per heavy atom. The molecular formula is C17H21ClN4O. The molecule has 2 heterocycles. The van der Waals surface area contributed by atoms with Crippen molar-refractivity contribution in [1.29, 1.82) is 0 Å². The molecule has 1 aliphatic heterocycles. The standard InChI is InChI=1S/C17H21ClN4O/c1-12-6-7-21(16(8-12)9-19)17(23)13-10-20-22(11-13)15-4-2-14(18)3-5-15/h2-5,10-12,16H,6-9,19H2,1H3. The van der Waals surface area contributed by atoms with E-state index >= 15 is 0 Å². The van der Waals surface area contributed by atoms with Gasteiger partial charge in [0.15, 0.2) is 0 Å². The lowest BCUT2D eigenvalue weighted by Gasteiger charge is -2.37. The van der Waals surface area contributed by atoms with Crippen LogP contribution >= 0.6 is 11.6 Å². The number of carbonyl (C=O) groups is 1. The van der Waals surface area contributed by atoms with Crippen LogP contribution in [0.5, 0.6) is 0 Å². The molecule has 23 heavy (non-hydrogen) atoms. The maximum Gasteiger partial charge on any atom is 0.257 e. The number of hydrogen-bond acceptors (Lipinski definition) is 3. The molecular weight excluding hydrogens is 312 g/mol.